The lowest BCUT2D eigenvalue weighted by molar-refractivity contribution is 0.155. The topological polar surface area (TPSA) is 29.3 Å². The van der Waals surface area contributed by atoms with Gasteiger partial charge in [0.1, 0.15) is 0 Å². The summed E-state index contributed by atoms with van der Waals surface area (Å²) in [6.45, 7) is 10.3. The van der Waals surface area contributed by atoms with Gasteiger partial charge in [0.25, 0.3) is 0 Å². The summed E-state index contributed by atoms with van der Waals surface area (Å²) in [5.41, 5.74) is 9.85. The van der Waals surface area contributed by atoms with Crippen molar-refractivity contribution in [2.45, 2.75) is 39.8 Å². The molecule has 0 aliphatic carbocycles. The molecule has 1 aromatic rings. The Balaban J connectivity index is 2.80. The normalized spacial score (nSPS) is 12.2. The number of hydrogen-bond acceptors (Lipinski definition) is 2. The van der Waals surface area contributed by atoms with Gasteiger partial charge in [-0.15, -0.1) is 0 Å². The Morgan fingerprint density at radius 3 is 2.06 bits per heavy atom. The summed E-state index contributed by atoms with van der Waals surface area (Å²) in [7, 11) is 2.13. The fourth-order valence-corrected chi connectivity index (χ4v) is 1.80. The standard InChI is InChI=1S/C14H24N2/c1-11-6-12(2)8-13(7-11)9-16(5)14(3,4)10-15/h6-8H,9-10,15H2,1-5H3. The average molecular weight is 220 g/mol. The predicted octanol–water partition coefficient (Wildman–Crippen LogP) is 2.47. The van der Waals surface area contributed by atoms with E-state index in [1.54, 1.807) is 0 Å². The molecule has 0 bridgehead atoms. The minimum absolute atomic E-state index is 0.0532. The summed E-state index contributed by atoms with van der Waals surface area (Å²) < 4.78 is 0. The Bertz CT molecular complexity index is 336. The molecule has 16 heavy (non-hydrogen) atoms. The smallest absolute Gasteiger partial charge is 0.0275 e. The maximum atomic E-state index is 5.78. The largest absolute Gasteiger partial charge is 0.329 e. The molecule has 2 heteroatoms. The van der Waals surface area contributed by atoms with Crippen molar-refractivity contribution < 1.29 is 0 Å². The molecule has 0 unspecified atom stereocenters. The van der Waals surface area contributed by atoms with E-state index < -0.39 is 0 Å². The van der Waals surface area contributed by atoms with Crippen LogP contribution in [-0.2, 0) is 6.54 Å². The summed E-state index contributed by atoms with van der Waals surface area (Å²) in [6.07, 6.45) is 0. The van der Waals surface area contributed by atoms with E-state index in [9.17, 15) is 0 Å². The maximum Gasteiger partial charge on any atom is 0.0275 e. The molecule has 0 fully saturated rings. The lowest BCUT2D eigenvalue weighted by Gasteiger charge is -2.34. The number of nitrogens with two attached hydrogens (primary N) is 1. The summed E-state index contributed by atoms with van der Waals surface area (Å²) in [5, 5.41) is 0. The minimum atomic E-state index is 0.0532. The Morgan fingerprint density at radius 1 is 1.12 bits per heavy atom. The van der Waals surface area contributed by atoms with Crippen LogP contribution in [0.15, 0.2) is 18.2 Å². The monoisotopic (exact) mass is 220 g/mol. The van der Waals surface area contributed by atoms with Crippen molar-refractivity contribution in [1.82, 2.24) is 4.90 Å². The number of rotatable bonds is 4. The van der Waals surface area contributed by atoms with Crippen LogP contribution >= 0.6 is 0 Å². The third-order valence-corrected chi connectivity index (χ3v) is 3.23. The molecule has 0 saturated heterocycles. The first-order valence-electron chi connectivity index (χ1n) is 5.83. The summed E-state index contributed by atoms with van der Waals surface area (Å²) >= 11 is 0. The van der Waals surface area contributed by atoms with Crippen molar-refractivity contribution in [1.29, 1.82) is 0 Å². The summed E-state index contributed by atoms with van der Waals surface area (Å²) in [5.74, 6) is 0. The molecule has 0 spiro atoms. The van der Waals surface area contributed by atoms with Crippen LogP contribution in [0.2, 0.25) is 0 Å². The van der Waals surface area contributed by atoms with E-state index in [0.29, 0.717) is 6.54 Å². The first-order chi connectivity index (χ1) is 7.35. The molecule has 0 aromatic heterocycles. The van der Waals surface area contributed by atoms with Gasteiger partial charge in [0.15, 0.2) is 0 Å². The summed E-state index contributed by atoms with van der Waals surface area (Å²) in [6, 6.07) is 6.70. The number of aryl methyl sites for hydroxylation is 2. The van der Waals surface area contributed by atoms with Crippen molar-refractivity contribution in [3.05, 3.63) is 34.9 Å². The van der Waals surface area contributed by atoms with Gasteiger partial charge in [0.05, 0.1) is 0 Å². The van der Waals surface area contributed by atoms with Gasteiger partial charge in [0.2, 0.25) is 0 Å². The fraction of sp³-hybridized carbons (Fsp3) is 0.571. The molecule has 0 saturated carbocycles. The SMILES string of the molecule is Cc1cc(C)cc(CN(C)C(C)(C)CN)c1. The maximum absolute atomic E-state index is 5.78. The molecular weight excluding hydrogens is 196 g/mol. The van der Waals surface area contributed by atoms with Gasteiger partial charge < -0.3 is 5.73 Å². The Labute approximate surface area is 99.5 Å². The molecule has 0 amide bonds. The van der Waals surface area contributed by atoms with Crippen LogP contribution < -0.4 is 5.73 Å². The van der Waals surface area contributed by atoms with Gasteiger partial charge in [-0.1, -0.05) is 29.3 Å². The molecule has 90 valence electrons. The van der Waals surface area contributed by atoms with Crippen molar-refractivity contribution >= 4 is 0 Å². The third-order valence-electron chi connectivity index (χ3n) is 3.23. The van der Waals surface area contributed by atoms with E-state index in [1.807, 2.05) is 0 Å². The van der Waals surface area contributed by atoms with Crippen LogP contribution in [-0.4, -0.2) is 24.0 Å². The number of likely N-dealkylation sites (N-methyl/N-ethyl adjacent to an activating group) is 1. The van der Waals surface area contributed by atoms with Gasteiger partial charge in [-0.2, -0.15) is 0 Å². The van der Waals surface area contributed by atoms with Crippen LogP contribution in [0, 0.1) is 13.8 Å². The van der Waals surface area contributed by atoms with E-state index >= 15 is 0 Å². The van der Waals surface area contributed by atoms with Crippen LogP contribution in [0.25, 0.3) is 0 Å². The second-order valence-corrected chi connectivity index (χ2v) is 5.37. The zero-order valence-corrected chi connectivity index (χ0v) is 11.2. The molecule has 1 aromatic carbocycles. The van der Waals surface area contributed by atoms with Crippen LogP contribution in [0.4, 0.5) is 0 Å². The Hall–Kier alpha value is -0.860. The van der Waals surface area contributed by atoms with E-state index in [2.05, 4.69) is 57.8 Å². The van der Waals surface area contributed by atoms with E-state index in [1.165, 1.54) is 16.7 Å². The second kappa shape index (κ2) is 4.98. The van der Waals surface area contributed by atoms with Crippen LogP contribution in [0.5, 0.6) is 0 Å². The van der Waals surface area contributed by atoms with Crippen molar-refractivity contribution in [2.75, 3.05) is 13.6 Å². The number of hydrogen-bond donors (Lipinski definition) is 1. The van der Waals surface area contributed by atoms with E-state index in [0.717, 1.165) is 6.54 Å². The first kappa shape index (κ1) is 13.2. The Kier molecular flexibility index (Phi) is 4.11. The van der Waals surface area contributed by atoms with Gasteiger partial charge in [0, 0.05) is 18.6 Å². The molecule has 0 heterocycles. The van der Waals surface area contributed by atoms with E-state index in [4.69, 9.17) is 5.73 Å². The van der Waals surface area contributed by atoms with Crippen molar-refractivity contribution in [3.8, 4) is 0 Å². The molecule has 0 atom stereocenters. The molecular formula is C14H24N2. The fourth-order valence-electron chi connectivity index (χ4n) is 1.80. The average Bonchev–Trinajstić information content (AvgIpc) is 2.15. The molecule has 2 nitrogen and oxygen atoms in total. The lowest BCUT2D eigenvalue weighted by Crippen LogP contribution is -2.46. The van der Waals surface area contributed by atoms with Gasteiger partial charge in [-0.3, -0.25) is 4.90 Å². The highest BCUT2D eigenvalue weighted by molar-refractivity contribution is 5.28. The van der Waals surface area contributed by atoms with Crippen LogP contribution in [0.1, 0.15) is 30.5 Å². The molecule has 0 aliphatic heterocycles. The first-order valence-corrected chi connectivity index (χ1v) is 5.83. The highest BCUT2D eigenvalue weighted by Crippen LogP contribution is 2.16. The minimum Gasteiger partial charge on any atom is -0.329 e. The molecule has 0 radical (unpaired) electrons. The lowest BCUT2D eigenvalue weighted by atomic mass is 10.0. The third kappa shape index (κ3) is 3.32. The molecule has 2 N–H and O–H groups in total. The van der Waals surface area contributed by atoms with Crippen LogP contribution in [0.3, 0.4) is 0 Å². The van der Waals surface area contributed by atoms with Crippen molar-refractivity contribution in [3.63, 3.8) is 0 Å². The number of nitrogens with zero attached hydrogens (tertiary/aromatic N) is 1. The summed E-state index contributed by atoms with van der Waals surface area (Å²) in [4.78, 5) is 2.31. The number of benzene rings is 1. The zero-order valence-electron chi connectivity index (χ0n) is 11.2. The van der Waals surface area contributed by atoms with Gasteiger partial charge in [-0.25, -0.2) is 0 Å². The quantitative estimate of drug-likeness (QED) is 0.844. The second-order valence-electron chi connectivity index (χ2n) is 5.37. The van der Waals surface area contributed by atoms with Crippen molar-refractivity contribution in [2.24, 2.45) is 5.73 Å². The molecule has 0 aliphatic rings. The van der Waals surface area contributed by atoms with Gasteiger partial charge in [-0.05, 0) is 40.3 Å². The zero-order chi connectivity index (χ0) is 12.3. The predicted molar refractivity (Wildman–Crippen MR) is 70.5 cm³/mol. The highest BCUT2D eigenvalue weighted by Gasteiger charge is 2.21. The molecule has 1 rings (SSSR count). The highest BCUT2D eigenvalue weighted by atomic mass is 15.2. The van der Waals surface area contributed by atoms with E-state index in [-0.39, 0.29) is 5.54 Å². The van der Waals surface area contributed by atoms with Gasteiger partial charge >= 0.3 is 0 Å². The Morgan fingerprint density at radius 2 is 1.62 bits per heavy atom.